The predicted octanol–water partition coefficient (Wildman–Crippen LogP) is -0.683. The number of ether oxygens (including phenoxy) is 2. The van der Waals surface area contributed by atoms with E-state index in [1.165, 1.54) is 6.07 Å². The number of hydrogen-bond donors (Lipinski definition) is 2. The van der Waals surface area contributed by atoms with E-state index in [0.717, 1.165) is 37.4 Å². The van der Waals surface area contributed by atoms with Crippen molar-refractivity contribution < 1.29 is 9.47 Å². The Kier molecular flexibility index (Phi) is 6.63. The van der Waals surface area contributed by atoms with Crippen LogP contribution in [0.3, 0.4) is 0 Å². The minimum Gasteiger partial charge on any atom is -0.379 e. The Labute approximate surface area is 129 Å². The average molecular weight is 312 g/mol. The summed E-state index contributed by atoms with van der Waals surface area (Å²) in [6.45, 7) is 7.94. The second kappa shape index (κ2) is 8.72. The van der Waals surface area contributed by atoms with E-state index in [1.807, 2.05) is 6.92 Å². The number of morpholine rings is 1. The minimum atomic E-state index is -0.416. The topological polar surface area (TPSA) is 88.6 Å². The summed E-state index contributed by atoms with van der Waals surface area (Å²) in [5.41, 5.74) is -0.739. The lowest BCUT2D eigenvalue weighted by molar-refractivity contribution is 0.0194. The first-order valence-corrected chi connectivity index (χ1v) is 7.66. The van der Waals surface area contributed by atoms with Crippen molar-refractivity contribution in [2.24, 2.45) is 0 Å². The molecule has 0 aliphatic carbocycles. The summed E-state index contributed by atoms with van der Waals surface area (Å²) in [6, 6.07) is 1.39. The summed E-state index contributed by atoms with van der Waals surface area (Å²) in [5.74, 6) is 0.446. The van der Waals surface area contributed by atoms with Gasteiger partial charge in [-0.1, -0.05) is 0 Å². The molecule has 1 saturated heterocycles. The van der Waals surface area contributed by atoms with Crippen LogP contribution in [-0.4, -0.2) is 67.1 Å². The lowest BCUT2D eigenvalue weighted by Crippen LogP contribution is -2.39. The molecule has 0 aromatic carbocycles. The van der Waals surface area contributed by atoms with Crippen LogP contribution in [0.15, 0.2) is 15.7 Å². The molecule has 0 saturated carbocycles. The highest BCUT2D eigenvalue weighted by Crippen LogP contribution is 1.96. The number of aromatic nitrogens is 2. The maximum absolute atomic E-state index is 11.9. The number of H-pyrrole nitrogens is 1. The van der Waals surface area contributed by atoms with Crippen LogP contribution in [0.25, 0.3) is 0 Å². The third-order valence-corrected chi connectivity index (χ3v) is 3.50. The molecule has 0 spiro atoms. The summed E-state index contributed by atoms with van der Waals surface area (Å²) < 4.78 is 11.9. The molecule has 1 fully saturated rings. The van der Waals surface area contributed by atoms with Crippen LogP contribution in [-0.2, 0) is 16.0 Å². The highest BCUT2D eigenvalue weighted by Gasteiger charge is 2.09. The molecule has 0 radical (unpaired) electrons. The molecule has 2 rings (SSSR count). The van der Waals surface area contributed by atoms with Gasteiger partial charge < -0.3 is 14.8 Å². The fourth-order valence-corrected chi connectivity index (χ4v) is 2.29. The van der Waals surface area contributed by atoms with Gasteiger partial charge in [0.25, 0.3) is 5.56 Å². The zero-order chi connectivity index (χ0) is 15.8. The van der Waals surface area contributed by atoms with Gasteiger partial charge in [-0.05, 0) is 6.92 Å². The number of aromatic amines is 1. The summed E-state index contributed by atoms with van der Waals surface area (Å²) in [7, 11) is 0. The van der Waals surface area contributed by atoms with Gasteiger partial charge in [0.1, 0.15) is 5.82 Å². The highest BCUT2D eigenvalue weighted by molar-refractivity contribution is 5.31. The van der Waals surface area contributed by atoms with E-state index in [-0.39, 0.29) is 12.1 Å². The van der Waals surface area contributed by atoms with Crippen LogP contribution >= 0.6 is 0 Å². The van der Waals surface area contributed by atoms with Crippen molar-refractivity contribution in [3.63, 3.8) is 0 Å². The summed E-state index contributed by atoms with van der Waals surface area (Å²) in [5, 5.41) is 2.91. The number of nitrogens with zero attached hydrogens (tertiary/aromatic N) is 2. The number of anilines is 1. The van der Waals surface area contributed by atoms with Crippen molar-refractivity contribution in [1.29, 1.82) is 0 Å². The molecule has 8 nitrogen and oxygen atoms in total. The first-order valence-electron chi connectivity index (χ1n) is 7.66. The third-order valence-electron chi connectivity index (χ3n) is 3.50. The fraction of sp³-hybridized carbons (Fsp3) is 0.714. The molecule has 124 valence electrons. The van der Waals surface area contributed by atoms with Gasteiger partial charge in [0.2, 0.25) is 0 Å². The SMILES string of the molecule is CCNc1cc(=O)n(CCOCCN2CCOCC2)c(=O)[nH]1. The maximum Gasteiger partial charge on any atom is 0.329 e. The first-order chi connectivity index (χ1) is 10.7. The van der Waals surface area contributed by atoms with Gasteiger partial charge >= 0.3 is 5.69 Å². The molecule has 0 unspecified atom stereocenters. The smallest absolute Gasteiger partial charge is 0.329 e. The van der Waals surface area contributed by atoms with E-state index in [1.54, 1.807) is 0 Å². The molecule has 1 aromatic heterocycles. The molecule has 0 amide bonds. The molecular weight excluding hydrogens is 288 g/mol. The van der Waals surface area contributed by atoms with Crippen molar-refractivity contribution in [3.05, 3.63) is 26.9 Å². The van der Waals surface area contributed by atoms with Gasteiger partial charge in [0.15, 0.2) is 0 Å². The van der Waals surface area contributed by atoms with Gasteiger partial charge in [-0.15, -0.1) is 0 Å². The van der Waals surface area contributed by atoms with Crippen LogP contribution in [0.1, 0.15) is 6.92 Å². The molecule has 0 bridgehead atoms. The van der Waals surface area contributed by atoms with Gasteiger partial charge in [-0.3, -0.25) is 19.2 Å². The van der Waals surface area contributed by atoms with Gasteiger partial charge in [-0.2, -0.15) is 0 Å². The fourth-order valence-electron chi connectivity index (χ4n) is 2.29. The van der Waals surface area contributed by atoms with E-state index < -0.39 is 5.69 Å². The van der Waals surface area contributed by atoms with Crippen molar-refractivity contribution in [3.8, 4) is 0 Å². The van der Waals surface area contributed by atoms with Crippen LogP contribution < -0.4 is 16.6 Å². The number of nitrogens with one attached hydrogen (secondary N) is 2. The number of rotatable bonds is 8. The lowest BCUT2D eigenvalue weighted by Gasteiger charge is -2.26. The van der Waals surface area contributed by atoms with Gasteiger partial charge in [0.05, 0.1) is 33.0 Å². The zero-order valence-electron chi connectivity index (χ0n) is 13.0. The molecule has 1 aliphatic rings. The number of hydrogen-bond acceptors (Lipinski definition) is 6. The van der Waals surface area contributed by atoms with E-state index in [4.69, 9.17) is 9.47 Å². The quantitative estimate of drug-likeness (QED) is 0.618. The Bertz CT molecular complexity index is 531. The molecule has 1 aromatic rings. The third kappa shape index (κ3) is 4.97. The Morgan fingerprint density at radius 1 is 1.27 bits per heavy atom. The molecule has 22 heavy (non-hydrogen) atoms. The van der Waals surface area contributed by atoms with Gasteiger partial charge in [-0.25, -0.2) is 4.79 Å². The van der Waals surface area contributed by atoms with E-state index in [2.05, 4.69) is 15.2 Å². The molecular formula is C14H24N4O4. The van der Waals surface area contributed by atoms with E-state index in [9.17, 15) is 9.59 Å². The van der Waals surface area contributed by atoms with Crippen LogP contribution in [0, 0.1) is 0 Å². The van der Waals surface area contributed by atoms with E-state index in [0.29, 0.717) is 25.6 Å². The lowest BCUT2D eigenvalue weighted by atomic mass is 10.4. The molecule has 1 aliphatic heterocycles. The normalized spacial score (nSPS) is 15.9. The molecule has 2 heterocycles. The standard InChI is InChI=1S/C14H24N4O4/c1-2-15-12-11-13(19)18(14(20)16-12)6-10-22-9-5-17-3-7-21-8-4-17/h11,15H,2-10H2,1H3,(H,16,20). The van der Waals surface area contributed by atoms with Crippen LogP contribution in [0.5, 0.6) is 0 Å². The summed E-state index contributed by atoms with van der Waals surface area (Å²) >= 11 is 0. The molecule has 8 heteroatoms. The molecule has 0 atom stereocenters. The zero-order valence-corrected chi connectivity index (χ0v) is 13.0. The van der Waals surface area contributed by atoms with Crippen molar-refractivity contribution >= 4 is 5.82 Å². The van der Waals surface area contributed by atoms with Crippen molar-refractivity contribution in [2.45, 2.75) is 13.5 Å². The Morgan fingerprint density at radius 2 is 2.00 bits per heavy atom. The largest absolute Gasteiger partial charge is 0.379 e. The predicted molar refractivity (Wildman–Crippen MR) is 83.6 cm³/mol. The van der Waals surface area contributed by atoms with Gasteiger partial charge in [0, 0.05) is 32.2 Å². The Balaban J connectivity index is 1.74. The Morgan fingerprint density at radius 3 is 2.68 bits per heavy atom. The summed E-state index contributed by atoms with van der Waals surface area (Å²) in [4.78, 5) is 28.6. The maximum atomic E-state index is 11.9. The molecule has 2 N–H and O–H groups in total. The second-order valence-electron chi connectivity index (χ2n) is 5.07. The second-order valence-corrected chi connectivity index (χ2v) is 5.07. The van der Waals surface area contributed by atoms with Crippen LogP contribution in [0.4, 0.5) is 5.82 Å². The highest BCUT2D eigenvalue weighted by atomic mass is 16.5. The average Bonchev–Trinajstić information content (AvgIpc) is 2.50. The van der Waals surface area contributed by atoms with E-state index >= 15 is 0 Å². The van der Waals surface area contributed by atoms with Crippen molar-refractivity contribution in [1.82, 2.24) is 14.5 Å². The minimum absolute atomic E-state index is 0.254. The Hall–Kier alpha value is -1.64. The van der Waals surface area contributed by atoms with Crippen LogP contribution in [0.2, 0.25) is 0 Å². The first kappa shape index (κ1) is 16.7. The monoisotopic (exact) mass is 312 g/mol. The summed E-state index contributed by atoms with van der Waals surface area (Å²) in [6.07, 6.45) is 0. The van der Waals surface area contributed by atoms with Crippen molar-refractivity contribution in [2.75, 3.05) is 57.9 Å².